The summed E-state index contributed by atoms with van der Waals surface area (Å²) in [4.78, 5) is 21.0. The van der Waals surface area contributed by atoms with Crippen LogP contribution in [0, 0.1) is 11.3 Å². The molecular formula is C26H24ClN7O. The number of aldehydes is 1. The molecule has 9 heteroatoms. The Balaban J connectivity index is 0.000000243. The SMILES string of the molecule is CN1CCc2cc(-c3ccnc(Nc4ccnn4C)n3)cc(C#N)c21.O=CCc1ccc(Cl)cc1. The van der Waals surface area contributed by atoms with Gasteiger partial charge in [-0.2, -0.15) is 10.4 Å². The molecule has 0 radical (unpaired) electrons. The third kappa shape index (κ3) is 5.65. The molecule has 0 saturated carbocycles. The second-order valence-corrected chi connectivity index (χ2v) is 8.48. The Morgan fingerprint density at radius 3 is 2.63 bits per heavy atom. The van der Waals surface area contributed by atoms with Crippen molar-refractivity contribution < 1.29 is 4.79 Å². The molecule has 35 heavy (non-hydrogen) atoms. The van der Waals surface area contributed by atoms with Crippen molar-refractivity contribution in [3.8, 4) is 17.3 Å². The van der Waals surface area contributed by atoms with Crippen LogP contribution in [0.1, 0.15) is 16.7 Å². The summed E-state index contributed by atoms with van der Waals surface area (Å²) in [7, 11) is 3.87. The molecule has 0 unspecified atom stereocenters. The molecule has 4 aromatic rings. The lowest BCUT2D eigenvalue weighted by Crippen LogP contribution is -2.13. The van der Waals surface area contributed by atoms with Gasteiger partial charge in [-0.25, -0.2) is 9.97 Å². The number of fused-ring (bicyclic) bond motifs is 1. The molecule has 8 nitrogen and oxygen atoms in total. The lowest BCUT2D eigenvalue weighted by Gasteiger charge is -2.14. The highest BCUT2D eigenvalue weighted by Gasteiger charge is 2.21. The van der Waals surface area contributed by atoms with Crippen LogP contribution in [-0.4, -0.2) is 39.6 Å². The van der Waals surface area contributed by atoms with Gasteiger partial charge in [0.15, 0.2) is 0 Å². The number of nitrogens with one attached hydrogen (secondary N) is 1. The molecule has 176 valence electrons. The van der Waals surface area contributed by atoms with Gasteiger partial charge in [-0.15, -0.1) is 0 Å². The van der Waals surface area contributed by atoms with Crippen molar-refractivity contribution in [1.82, 2.24) is 19.7 Å². The van der Waals surface area contributed by atoms with Crippen LogP contribution < -0.4 is 10.2 Å². The molecule has 0 aliphatic carbocycles. The second-order valence-electron chi connectivity index (χ2n) is 8.04. The summed E-state index contributed by atoms with van der Waals surface area (Å²) in [5.41, 5.74) is 5.63. The van der Waals surface area contributed by atoms with Crippen LogP contribution in [0.4, 0.5) is 17.5 Å². The number of carbonyl (C=O) groups is 1. The average molecular weight is 486 g/mol. The summed E-state index contributed by atoms with van der Waals surface area (Å²) in [5, 5.41) is 17.5. The highest BCUT2D eigenvalue weighted by atomic mass is 35.5. The monoisotopic (exact) mass is 485 g/mol. The van der Waals surface area contributed by atoms with Gasteiger partial charge in [-0.3, -0.25) is 4.68 Å². The zero-order chi connectivity index (χ0) is 24.8. The molecular weight excluding hydrogens is 462 g/mol. The van der Waals surface area contributed by atoms with E-state index < -0.39 is 0 Å². The second kappa shape index (κ2) is 10.8. The lowest BCUT2D eigenvalue weighted by atomic mass is 10.0. The lowest BCUT2D eigenvalue weighted by molar-refractivity contribution is -0.107. The smallest absolute Gasteiger partial charge is 0.228 e. The molecule has 0 bridgehead atoms. The predicted molar refractivity (Wildman–Crippen MR) is 137 cm³/mol. The number of halogens is 1. The summed E-state index contributed by atoms with van der Waals surface area (Å²) in [6, 6.07) is 17.3. The molecule has 1 N–H and O–H groups in total. The highest BCUT2D eigenvalue weighted by molar-refractivity contribution is 6.30. The third-order valence-corrected chi connectivity index (χ3v) is 5.90. The minimum absolute atomic E-state index is 0.469. The quantitative estimate of drug-likeness (QED) is 0.413. The maximum atomic E-state index is 10.0. The maximum Gasteiger partial charge on any atom is 0.228 e. The van der Waals surface area contributed by atoms with E-state index in [1.165, 1.54) is 5.56 Å². The summed E-state index contributed by atoms with van der Waals surface area (Å²) in [6.45, 7) is 0.935. The molecule has 2 aromatic heterocycles. The fourth-order valence-electron chi connectivity index (χ4n) is 3.88. The number of hydrogen-bond acceptors (Lipinski definition) is 7. The number of nitriles is 1. The first-order chi connectivity index (χ1) is 17.0. The molecule has 0 atom stereocenters. The summed E-state index contributed by atoms with van der Waals surface area (Å²) >= 11 is 5.62. The van der Waals surface area contributed by atoms with E-state index in [9.17, 15) is 10.1 Å². The fraction of sp³-hybridized carbons (Fsp3) is 0.192. The Bertz CT molecular complexity index is 1380. The van der Waals surface area contributed by atoms with Crippen LogP contribution in [0.15, 0.2) is 60.9 Å². The van der Waals surface area contributed by atoms with E-state index in [-0.39, 0.29) is 0 Å². The van der Waals surface area contributed by atoms with E-state index >= 15 is 0 Å². The van der Waals surface area contributed by atoms with Gasteiger partial charge in [0.25, 0.3) is 0 Å². The van der Waals surface area contributed by atoms with E-state index in [4.69, 9.17) is 11.6 Å². The van der Waals surface area contributed by atoms with Crippen molar-refractivity contribution in [2.24, 2.45) is 7.05 Å². The highest BCUT2D eigenvalue weighted by Crippen LogP contribution is 2.34. The number of aryl methyl sites for hydroxylation is 1. The largest absolute Gasteiger partial charge is 0.373 e. The zero-order valence-electron chi connectivity index (χ0n) is 19.4. The maximum absolute atomic E-state index is 10.0. The molecule has 0 amide bonds. The predicted octanol–water partition coefficient (Wildman–Crippen LogP) is 4.57. The van der Waals surface area contributed by atoms with Gasteiger partial charge in [0, 0.05) is 49.9 Å². The van der Waals surface area contributed by atoms with Gasteiger partial charge >= 0.3 is 0 Å². The Morgan fingerprint density at radius 1 is 1.14 bits per heavy atom. The molecule has 0 fully saturated rings. The van der Waals surface area contributed by atoms with Crippen molar-refractivity contribution in [2.45, 2.75) is 12.8 Å². The minimum Gasteiger partial charge on any atom is -0.373 e. The van der Waals surface area contributed by atoms with Crippen LogP contribution >= 0.6 is 11.6 Å². The number of hydrogen-bond donors (Lipinski definition) is 1. The number of likely N-dealkylation sites (N-methyl/N-ethyl adjacent to an activating group) is 1. The molecule has 1 aliphatic heterocycles. The van der Waals surface area contributed by atoms with Crippen LogP contribution in [0.3, 0.4) is 0 Å². The first-order valence-corrected chi connectivity index (χ1v) is 11.4. The van der Waals surface area contributed by atoms with Crippen LogP contribution in [0.2, 0.25) is 5.02 Å². The normalized spacial score (nSPS) is 11.8. The molecule has 1 aliphatic rings. The molecule has 5 rings (SSSR count). The van der Waals surface area contributed by atoms with Gasteiger partial charge in [-0.05, 0) is 47.9 Å². The molecule has 0 spiro atoms. The average Bonchev–Trinajstić information content (AvgIpc) is 3.45. The Morgan fingerprint density at radius 2 is 1.94 bits per heavy atom. The van der Waals surface area contributed by atoms with E-state index in [1.54, 1.807) is 29.2 Å². The number of benzene rings is 2. The van der Waals surface area contributed by atoms with Gasteiger partial charge in [0.05, 0.1) is 23.1 Å². The molecule has 3 heterocycles. The van der Waals surface area contributed by atoms with Crippen molar-refractivity contribution in [2.75, 3.05) is 23.8 Å². The number of anilines is 3. The zero-order valence-corrected chi connectivity index (χ0v) is 20.2. The topological polar surface area (TPSA) is 99.7 Å². The van der Waals surface area contributed by atoms with E-state index in [0.29, 0.717) is 23.0 Å². The van der Waals surface area contributed by atoms with Crippen LogP contribution in [0.25, 0.3) is 11.3 Å². The van der Waals surface area contributed by atoms with Gasteiger partial charge in [-0.1, -0.05) is 23.7 Å². The van der Waals surface area contributed by atoms with Gasteiger partial charge in [0.2, 0.25) is 5.95 Å². The van der Waals surface area contributed by atoms with E-state index in [1.807, 2.05) is 44.4 Å². The van der Waals surface area contributed by atoms with Gasteiger partial charge in [0.1, 0.15) is 18.2 Å². The first kappa shape index (κ1) is 23.9. The standard InChI is InChI=1S/C18H17N7.C8H7ClO/c1-24-8-5-12-9-13(10-14(11-19)17(12)24)15-3-6-20-18(22-15)23-16-4-7-21-25(16)2;9-8-3-1-7(2-4-8)5-6-10/h3-4,6-7,9-10H,5,8H2,1-2H3,(H,20,22,23);1-4,6H,5H2. The van der Waals surface area contributed by atoms with Crippen molar-refractivity contribution >= 4 is 35.3 Å². The van der Waals surface area contributed by atoms with Crippen LogP contribution in [-0.2, 0) is 24.7 Å². The summed E-state index contributed by atoms with van der Waals surface area (Å²) in [5.74, 6) is 1.31. The first-order valence-electron chi connectivity index (χ1n) is 11.0. The molecule has 0 saturated heterocycles. The van der Waals surface area contributed by atoms with E-state index in [0.717, 1.165) is 47.6 Å². The number of nitrogens with zero attached hydrogens (tertiary/aromatic N) is 6. The summed E-state index contributed by atoms with van der Waals surface area (Å²) in [6.07, 6.45) is 5.72. The van der Waals surface area contributed by atoms with E-state index in [2.05, 4.69) is 37.4 Å². The fourth-order valence-corrected chi connectivity index (χ4v) is 4.00. The third-order valence-electron chi connectivity index (χ3n) is 5.65. The van der Waals surface area contributed by atoms with Crippen LogP contribution in [0.5, 0.6) is 0 Å². The minimum atomic E-state index is 0.469. The van der Waals surface area contributed by atoms with Crippen molar-refractivity contribution in [3.05, 3.63) is 82.6 Å². The Hall–Kier alpha value is -4.22. The Kier molecular flexibility index (Phi) is 7.38. The summed E-state index contributed by atoms with van der Waals surface area (Å²) < 4.78 is 1.72. The number of rotatable bonds is 5. The van der Waals surface area contributed by atoms with Crippen molar-refractivity contribution in [3.63, 3.8) is 0 Å². The Labute approximate surface area is 208 Å². The number of carbonyl (C=O) groups excluding carboxylic acids is 1. The number of aromatic nitrogens is 4. The van der Waals surface area contributed by atoms with Gasteiger partial charge < -0.3 is 15.0 Å². The van der Waals surface area contributed by atoms with Crippen molar-refractivity contribution in [1.29, 1.82) is 5.26 Å². The molecule has 2 aromatic carbocycles.